The Hall–Kier alpha value is -3.21. The highest BCUT2D eigenvalue weighted by Crippen LogP contribution is 2.11. The van der Waals surface area contributed by atoms with Crippen molar-refractivity contribution in [3.05, 3.63) is 95.1 Å². The third-order valence-electron chi connectivity index (χ3n) is 4.25. The average Bonchev–Trinajstić information content (AvgIpc) is 2.69. The lowest BCUT2D eigenvalue weighted by atomic mass is 10.1. The van der Waals surface area contributed by atoms with Crippen LogP contribution >= 0.6 is 0 Å². The predicted octanol–water partition coefficient (Wildman–Crippen LogP) is 4.11. The number of carbonyl (C=O) groups excluding carboxylic acids is 1. The predicted molar refractivity (Wildman–Crippen MR) is 105 cm³/mol. The van der Waals surface area contributed by atoms with Crippen molar-refractivity contribution in [2.75, 3.05) is 11.9 Å². The van der Waals surface area contributed by atoms with Crippen LogP contribution in [0.1, 0.15) is 27.2 Å². The molecule has 1 heterocycles. The summed E-state index contributed by atoms with van der Waals surface area (Å²) < 4.78 is 13.6. The van der Waals surface area contributed by atoms with Crippen LogP contribution in [0, 0.1) is 12.7 Å². The third-order valence-corrected chi connectivity index (χ3v) is 4.25. The molecule has 4 nitrogen and oxygen atoms in total. The molecule has 27 heavy (non-hydrogen) atoms. The summed E-state index contributed by atoms with van der Waals surface area (Å²) in [7, 11) is 0. The van der Waals surface area contributed by atoms with E-state index in [4.69, 9.17) is 0 Å². The lowest BCUT2D eigenvalue weighted by molar-refractivity contribution is 0.0946. The SMILES string of the molecule is Cc1ccc(CNC(=O)c2cc(NCCc3ccccc3F)ccn2)cc1. The van der Waals surface area contributed by atoms with E-state index in [1.54, 1.807) is 30.5 Å². The Bertz CT molecular complexity index is 909. The standard InChI is InChI=1S/C22H22FN3O/c1-16-6-8-17(9-7-16)15-26-22(27)21-14-19(11-13-25-21)24-12-10-18-4-2-3-5-20(18)23/h2-9,11,13-14H,10,12,15H2,1H3,(H,24,25)(H,26,27). The van der Waals surface area contributed by atoms with Gasteiger partial charge in [-0.1, -0.05) is 48.0 Å². The van der Waals surface area contributed by atoms with Crippen molar-refractivity contribution in [2.45, 2.75) is 19.9 Å². The van der Waals surface area contributed by atoms with Crippen LogP contribution in [-0.4, -0.2) is 17.4 Å². The van der Waals surface area contributed by atoms with Crippen LogP contribution in [0.5, 0.6) is 0 Å². The molecule has 0 saturated carbocycles. The first-order chi connectivity index (χ1) is 13.1. The molecule has 5 heteroatoms. The summed E-state index contributed by atoms with van der Waals surface area (Å²) in [5, 5.41) is 6.08. The minimum Gasteiger partial charge on any atom is -0.385 e. The first-order valence-corrected chi connectivity index (χ1v) is 8.89. The van der Waals surface area contributed by atoms with Gasteiger partial charge in [-0.25, -0.2) is 4.39 Å². The Morgan fingerprint density at radius 2 is 1.85 bits per heavy atom. The minimum atomic E-state index is -0.228. The highest BCUT2D eigenvalue weighted by molar-refractivity contribution is 5.93. The maximum Gasteiger partial charge on any atom is 0.270 e. The second-order valence-corrected chi connectivity index (χ2v) is 6.37. The van der Waals surface area contributed by atoms with E-state index in [1.807, 2.05) is 37.3 Å². The molecule has 0 unspecified atom stereocenters. The molecule has 0 fully saturated rings. The van der Waals surface area contributed by atoms with Gasteiger partial charge in [-0.3, -0.25) is 9.78 Å². The number of rotatable bonds is 7. The second kappa shape index (κ2) is 8.94. The fourth-order valence-electron chi connectivity index (χ4n) is 2.69. The maximum atomic E-state index is 13.6. The molecule has 3 aromatic rings. The molecule has 138 valence electrons. The van der Waals surface area contributed by atoms with Gasteiger partial charge in [-0.15, -0.1) is 0 Å². The van der Waals surface area contributed by atoms with E-state index >= 15 is 0 Å². The van der Waals surface area contributed by atoms with E-state index in [2.05, 4.69) is 15.6 Å². The van der Waals surface area contributed by atoms with Gasteiger partial charge in [0.2, 0.25) is 0 Å². The molecule has 3 rings (SSSR count). The molecule has 1 amide bonds. The molecule has 2 aromatic carbocycles. The topological polar surface area (TPSA) is 54.0 Å². The van der Waals surface area contributed by atoms with Crippen molar-refractivity contribution < 1.29 is 9.18 Å². The number of amides is 1. The Morgan fingerprint density at radius 1 is 1.07 bits per heavy atom. The van der Waals surface area contributed by atoms with Gasteiger partial charge in [0.15, 0.2) is 0 Å². The summed E-state index contributed by atoms with van der Waals surface area (Å²) in [6.45, 7) is 3.04. The molecular formula is C22H22FN3O. The van der Waals surface area contributed by atoms with Crippen molar-refractivity contribution in [3.8, 4) is 0 Å². The molecule has 1 aromatic heterocycles. The number of anilines is 1. The van der Waals surface area contributed by atoms with Crippen LogP contribution in [0.15, 0.2) is 66.9 Å². The number of hydrogen-bond acceptors (Lipinski definition) is 3. The van der Waals surface area contributed by atoms with E-state index in [-0.39, 0.29) is 11.7 Å². The monoisotopic (exact) mass is 363 g/mol. The number of benzene rings is 2. The number of carbonyl (C=O) groups is 1. The minimum absolute atomic E-state index is 0.204. The zero-order valence-corrected chi connectivity index (χ0v) is 15.2. The molecule has 0 bridgehead atoms. The van der Waals surface area contributed by atoms with Crippen LogP contribution < -0.4 is 10.6 Å². The molecule has 0 aliphatic heterocycles. The first-order valence-electron chi connectivity index (χ1n) is 8.89. The lowest BCUT2D eigenvalue weighted by Crippen LogP contribution is -2.24. The molecule has 0 aliphatic rings. The van der Waals surface area contributed by atoms with Gasteiger partial charge in [0, 0.05) is 25.0 Å². The number of pyridine rings is 1. The van der Waals surface area contributed by atoms with Crippen molar-refractivity contribution in [2.24, 2.45) is 0 Å². The quantitative estimate of drug-likeness (QED) is 0.664. The van der Waals surface area contributed by atoms with Crippen molar-refractivity contribution in [3.63, 3.8) is 0 Å². The Balaban J connectivity index is 1.53. The number of nitrogens with zero attached hydrogens (tertiary/aromatic N) is 1. The summed E-state index contributed by atoms with van der Waals surface area (Å²) in [6, 6.07) is 18.2. The van der Waals surface area contributed by atoms with Gasteiger partial charge in [0.25, 0.3) is 5.91 Å². The van der Waals surface area contributed by atoms with Crippen LogP contribution in [0.25, 0.3) is 0 Å². The molecule has 0 saturated heterocycles. The summed E-state index contributed by atoms with van der Waals surface area (Å²) in [5.41, 5.74) is 4.00. The first kappa shape index (κ1) is 18.6. The molecule has 0 spiro atoms. The van der Waals surface area contributed by atoms with Gasteiger partial charge in [0.05, 0.1) is 0 Å². The highest BCUT2D eigenvalue weighted by Gasteiger charge is 2.08. The van der Waals surface area contributed by atoms with Crippen LogP contribution in [-0.2, 0) is 13.0 Å². The smallest absolute Gasteiger partial charge is 0.270 e. The molecule has 2 N–H and O–H groups in total. The van der Waals surface area contributed by atoms with E-state index in [1.165, 1.54) is 11.6 Å². The van der Waals surface area contributed by atoms with Gasteiger partial charge in [0.1, 0.15) is 11.5 Å². The van der Waals surface area contributed by atoms with E-state index in [0.717, 1.165) is 11.3 Å². The van der Waals surface area contributed by atoms with E-state index in [0.29, 0.717) is 30.8 Å². The van der Waals surface area contributed by atoms with E-state index < -0.39 is 0 Å². The highest BCUT2D eigenvalue weighted by atomic mass is 19.1. The normalized spacial score (nSPS) is 10.4. The molecular weight excluding hydrogens is 341 g/mol. The molecule has 0 radical (unpaired) electrons. The van der Waals surface area contributed by atoms with Crippen LogP contribution in [0.2, 0.25) is 0 Å². The second-order valence-electron chi connectivity index (χ2n) is 6.37. The third kappa shape index (κ3) is 5.38. The van der Waals surface area contributed by atoms with Gasteiger partial charge < -0.3 is 10.6 Å². The van der Waals surface area contributed by atoms with Gasteiger partial charge in [-0.05, 0) is 42.7 Å². The fraction of sp³-hybridized carbons (Fsp3) is 0.182. The summed E-state index contributed by atoms with van der Waals surface area (Å²) in [6.07, 6.45) is 2.15. The van der Waals surface area contributed by atoms with Gasteiger partial charge in [-0.2, -0.15) is 0 Å². The Kier molecular flexibility index (Phi) is 6.15. The number of hydrogen-bond donors (Lipinski definition) is 2. The van der Waals surface area contributed by atoms with Gasteiger partial charge >= 0.3 is 0 Å². The Labute approximate surface area is 158 Å². The number of aromatic nitrogens is 1. The average molecular weight is 363 g/mol. The summed E-state index contributed by atoms with van der Waals surface area (Å²) in [5.74, 6) is -0.432. The Morgan fingerprint density at radius 3 is 2.63 bits per heavy atom. The maximum absolute atomic E-state index is 13.6. The van der Waals surface area contributed by atoms with Crippen molar-refractivity contribution >= 4 is 11.6 Å². The number of aryl methyl sites for hydroxylation is 1. The summed E-state index contributed by atoms with van der Waals surface area (Å²) >= 11 is 0. The largest absolute Gasteiger partial charge is 0.385 e. The van der Waals surface area contributed by atoms with Crippen molar-refractivity contribution in [1.29, 1.82) is 0 Å². The van der Waals surface area contributed by atoms with Crippen molar-refractivity contribution in [1.82, 2.24) is 10.3 Å². The zero-order chi connectivity index (χ0) is 19.1. The van der Waals surface area contributed by atoms with E-state index in [9.17, 15) is 9.18 Å². The number of nitrogens with one attached hydrogen (secondary N) is 2. The van der Waals surface area contributed by atoms with Crippen LogP contribution in [0.3, 0.4) is 0 Å². The lowest BCUT2D eigenvalue weighted by Gasteiger charge is -2.09. The molecule has 0 atom stereocenters. The fourth-order valence-corrected chi connectivity index (χ4v) is 2.69. The van der Waals surface area contributed by atoms with Crippen LogP contribution in [0.4, 0.5) is 10.1 Å². The molecule has 0 aliphatic carbocycles. The number of halogens is 1. The zero-order valence-electron chi connectivity index (χ0n) is 15.2. The summed E-state index contributed by atoms with van der Waals surface area (Å²) in [4.78, 5) is 16.5.